The Morgan fingerprint density at radius 2 is 1.52 bits per heavy atom. The third-order valence-electron chi connectivity index (χ3n) is 8.42. The molecular formula is C33H55ClFNO8. The molecule has 0 aliphatic carbocycles. The van der Waals surface area contributed by atoms with E-state index in [0.717, 1.165) is 19.3 Å². The van der Waals surface area contributed by atoms with Crippen molar-refractivity contribution in [2.24, 2.45) is 0 Å². The molecule has 1 aliphatic rings. The molecule has 0 radical (unpaired) electrons. The highest BCUT2D eigenvalue weighted by Crippen LogP contribution is 2.25. The Kier molecular flexibility index (Phi) is 18.9. The fourth-order valence-corrected chi connectivity index (χ4v) is 5.80. The van der Waals surface area contributed by atoms with Gasteiger partial charge in [0.1, 0.15) is 30.2 Å². The van der Waals surface area contributed by atoms with E-state index in [2.05, 4.69) is 12.2 Å². The highest BCUT2D eigenvalue weighted by atomic mass is 35.5. The van der Waals surface area contributed by atoms with E-state index in [4.69, 9.17) is 21.1 Å². The van der Waals surface area contributed by atoms with Crippen LogP contribution in [0.1, 0.15) is 109 Å². The smallest absolute Gasteiger partial charge is 0.224 e. The van der Waals surface area contributed by atoms with Gasteiger partial charge in [-0.25, -0.2) is 4.39 Å². The fourth-order valence-electron chi connectivity index (χ4n) is 5.57. The van der Waals surface area contributed by atoms with Crippen molar-refractivity contribution in [3.63, 3.8) is 0 Å². The number of aliphatic hydroxyl groups is 5. The Morgan fingerprint density at radius 3 is 2.09 bits per heavy atom. The number of aliphatic hydroxyl groups excluding tert-OH is 5. The molecule has 0 spiro atoms. The fraction of sp³-hybridized carbons (Fsp3) is 0.788. The number of benzene rings is 1. The minimum atomic E-state index is -1.58. The summed E-state index contributed by atoms with van der Waals surface area (Å²) in [5.74, 6) is -1.31. The first-order valence-electron chi connectivity index (χ1n) is 16.5. The largest absolute Gasteiger partial charge is 0.390 e. The summed E-state index contributed by atoms with van der Waals surface area (Å²) in [7, 11) is 0. The van der Waals surface area contributed by atoms with Crippen LogP contribution in [-0.2, 0) is 20.7 Å². The molecule has 9 nitrogen and oxygen atoms in total. The molecule has 11 heteroatoms. The number of rotatable bonds is 22. The number of ether oxygens (including phenoxy) is 2. The Hall–Kier alpha value is -1.37. The lowest BCUT2D eigenvalue weighted by atomic mass is 9.97. The molecule has 1 amide bonds. The van der Waals surface area contributed by atoms with Crippen LogP contribution in [0.2, 0.25) is 5.02 Å². The number of hydrogen-bond acceptors (Lipinski definition) is 8. The maximum Gasteiger partial charge on any atom is 0.224 e. The van der Waals surface area contributed by atoms with Crippen molar-refractivity contribution in [1.29, 1.82) is 0 Å². The number of halogens is 2. The maximum absolute atomic E-state index is 14.3. The van der Waals surface area contributed by atoms with Crippen LogP contribution in [-0.4, -0.2) is 87.0 Å². The van der Waals surface area contributed by atoms with Gasteiger partial charge in [0, 0.05) is 10.6 Å². The van der Waals surface area contributed by atoms with Crippen LogP contribution in [0.5, 0.6) is 0 Å². The quantitative estimate of drug-likeness (QED) is 0.100. The van der Waals surface area contributed by atoms with Gasteiger partial charge >= 0.3 is 0 Å². The average Bonchev–Trinajstić information content (AvgIpc) is 3.00. The van der Waals surface area contributed by atoms with E-state index in [1.165, 1.54) is 69.6 Å². The number of carbonyl (C=O) groups excluding carboxylic acids is 1. The van der Waals surface area contributed by atoms with Crippen molar-refractivity contribution in [3.05, 3.63) is 34.6 Å². The Morgan fingerprint density at radius 1 is 0.932 bits per heavy atom. The van der Waals surface area contributed by atoms with Crippen molar-refractivity contribution >= 4 is 17.5 Å². The Balaban J connectivity index is 1.90. The van der Waals surface area contributed by atoms with E-state index >= 15 is 0 Å². The summed E-state index contributed by atoms with van der Waals surface area (Å²) in [5.41, 5.74) is -0.00759. The van der Waals surface area contributed by atoms with E-state index in [9.17, 15) is 34.7 Å². The zero-order chi connectivity index (χ0) is 32.5. The van der Waals surface area contributed by atoms with Crippen LogP contribution in [0.15, 0.2) is 18.2 Å². The Bertz CT molecular complexity index is 921. The van der Waals surface area contributed by atoms with Crippen molar-refractivity contribution in [1.82, 2.24) is 5.32 Å². The highest BCUT2D eigenvalue weighted by Gasteiger charge is 2.44. The van der Waals surface area contributed by atoms with Crippen LogP contribution in [0, 0.1) is 5.82 Å². The molecule has 0 aromatic heterocycles. The summed E-state index contributed by atoms with van der Waals surface area (Å²) >= 11 is 6.07. The first kappa shape index (κ1) is 38.8. The molecule has 0 saturated carbocycles. The number of unbranched alkanes of at least 4 members (excludes halogenated alkanes) is 11. The minimum Gasteiger partial charge on any atom is -0.390 e. The summed E-state index contributed by atoms with van der Waals surface area (Å²) in [6.07, 6.45) is 5.03. The Labute approximate surface area is 267 Å². The monoisotopic (exact) mass is 647 g/mol. The summed E-state index contributed by atoms with van der Waals surface area (Å²) in [5, 5.41) is 55.2. The van der Waals surface area contributed by atoms with E-state index in [0.29, 0.717) is 19.3 Å². The van der Waals surface area contributed by atoms with E-state index in [1.807, 2.05) is 0 Å². The summed E-state index contributed by atoms with van der Waals surface area (Å²) in [6.45, 7) is 3.56. The van der Waals surface area contributed by atoms with Gasteiger partial charge < -0.3 is 40.3 Å². The first-order chi connectivity index (χ1) is 21.1. The number of carbonyl (C=O) groups is 1. The molecule has 254 valence electrons. The molecule has 8 atom stereocenters. The molecule has 1 heterocycles. The molecule has 7 unspecified atom stereocenters. The van der Waals surface area contributed by atoms with Crippen LogP contribution in [0.4, 0.5) is 4.39 Å². The summed E-state index contributed by atoms with van der Waals surface area (Å²) in [6, 6.07) is 2.93. The van der Waals surface area contributed by atoms with Gasteiger partial charge in [-0.3, -0.25) is 4.79 Å². The second-order valence-corrected chi connectivity index (χ2v) is 12.5. The predicted molar refractivity (Wildman–Crippen MR) is 168 cm³/mol. The standard InChI is InChI=1S/C33H55ClFNO8/c1-3-5-6-7-8-9-10-11-12-13-14-15-19-26(37)29(39)25(36-28(38)20-22-23(34)17-16-18-24(22)35)21-43-33-32(42)31(41)30(40)27(4-2)44-33/h16-18,25-27,29-33,37,39-42H,3-15,19-21H2,1-2H3,(H,36,38)/t25?,26?,27?,29-,30?,31?,32?,33?/m1/s1. The van der Waals surface area contributed by atoms with Crippen molar-refractivity contribution in [2.75, 3.05) is 6.61 Å². The molecule has 44 heavy (non-hydrogen) atoms. The van der Waals surface area contributed by atoms with E-state index in [-0.39, 0.29) is 10.6 Å². The maximum atomic E-state index is 14.3. The number of amides is 1. The lowest BCUT2D eigenvalue weighted by Crippen LogP contribution is -2.59. The minimum absolute atomic E-state index is 0.00759. The van der Waals surface area contributed by atoms with Gasteiger partial charge in [0.15, 0.2) is 6.29 Å². The van der Waals surface area contributed by atoms with Crippen LogP contribution >= 0.6 is 11.6 Å². The van der Waals surface area contributed by atoms with Gasteiger partial charge in [-0.05, 0) is 25.0 Å². The number of hydrogen-bond donors (Lipinski definition) is 6. The van der Waals surface area contributed by atoms with Crippen molar-refractivity contribution in [2.45, 2.75) is 159 Å². The van der Waals surface area contributed by atoms with Gasteiger partial charge in [-0.1, -0.05) is 109 Å². The van der Waals surface area contributed by atoms with Gasteiger partial charge in [-0.15, -0.1) is 0 Å². The molecule has 1 fully saturated rings. The van der Waals surface area contributed by atoms with Gasteiger partial charge in [-0.2, -0.15) is 0 Å². The molecule has 1 aromatic rings. The molecular weight excluding hydrogens is 593 g/mol. The summed E-state index contributed by atoms with van der Waals surface area (Å²) < 4.78 is 25.5. The second kappa shape index (κ2) is 21.4. The number of nitrogens with one attached hydrogen (secondary N) is 1. The third kappa shape index (κ3) is 13.2. The third-order valence-corrected chi connectivity index (χ3v) is 8.77. The van der Waals surface area contributed by atoms with E-state index < -0.39 is 73.7 Å². The second-order valence-electron chi connectivity index (χ2n) is 12.0. The lowest BCUT2D eigenvalue weighted by molar-refractivity contribution is -0.299. The predicted octanol–water partition coefficient (Wildman–Crippen LogP) is 4.55. The highest BCUT2D eigenvalue weighted by molar-refractivity contribution is 6.31. The van der Waals surface area contributed by atoms with Crippen LogP contribution in [0.25, 0.3) is 0 Å². The van der Waals surface area contributed by atoms with Crippen molar-refractivity contribution in [3.8, 4) is 0 Å². The molecule has 6 N–H and O–H groups in total. The van der Waals surface area contributed by atoms with Crippen LogP contribution in [0.3, 0.4) is 0 Å². The zero-order valence-corrected chi connectivity index (χ0v) is 27.1. The molecule has 1 aliphatic heterocycles. The molecule has 1 saturated heterocycles. The van der Waals surface area contributed by atoms with Crippen LogP contribution < -0.4 is 5.32 Å². The first-order valence-corrected chi connectivity index (χ1v) is 16.9. The summed E-state index contributed by atoms with van der Waals surface area (Å²) in [4.78, 5) is 12.9. The van der Waals surface area contributed by atoms with Gasteiger partial charge in [0.05, 0.1) is 31.3 Å². The topological polar surface area (TPSA) is 149 Å². The lowest BCUT2D eigenvalue weighted by Gasteiger charge is -2.40. The average molecular weight is 648 g/mol. The SMILES string of the molecule is CCCCCCCCCCCCCCC(O)[C@H](O)C(COC1OC(CC)C(O)C(O)C1O)NC(=O)Cc1c(F)cccc1Cl. The zero-order valence-electron chi connectivity index (χ0n) is 26.4. The van der Waals surface area contributed by atoms with E-state index in [1.54, 1.807) is 6.92 Å². The molecule has 0 bridgehead atoms. The van der Waals surface area contributed by atoms with Gasteiger partial charge in [0.25, 0.3) is 0 Å². The van der Waals surface area contributed by atoms with Crippen molar-refractivity contribution < 1.29 is 44.2 Å². The molecule has 1 aromatic carbocycles. The van der Waals surface area contributed by atoms with Gasteiger partial charge in [0.2, 0.25) is 5.91 Å². The normalized spacial score (nSPS) is 24.2. The molecule has 2 rings (SSSR count).